The van der Waals surface area contributed by atoms with Crippen LogP contribution in [-0.2, 0) is 30.3 Å². The Hall–Kier alpha value is -4.64. The number of phenolic OH excluding ortho intramolecular Hbond substituents is 1. The Labute approximate surface area is 247 Å². The lowest BCUT2D eigenvalue weighted by Crippen LogP contribution is -2.71. The van der Waals surface area contributed by atoms with Gasteiger partial charge in [0.25, 0.3) is 0 Å². The number of ketones is 4. The Morgan fingerprint density at radius 3 is 2.40 bits per heavy atom. The summed E-state index contributed by atoms with van der Waals surface area (Å²) in [5, 5.41) is 25.1. The molecule has 0 heterocycles. The van der Waals surface area contributed by atoms with Crippen molar-refractivity contribution in [1.29, 1.82) is 0 Å². The van der Waals surface area contributed by atoms with Crippen molar-refractivity contribution in [3.8, 4) is 16.9 Å². The van der Waals surface area contributed by atoms with Gasteiger partial charge < -0.3 is 20.7 Å². The van der Waals surface area contributed by atoms with Crippen molar-refractivity contribution in [3.05, 3.63) is 60.2 Å². The van der Waals surface area contributed by atoms with Crippen LogP contribution >= 0.6 is 0 Å². The topological polar surface area (TPSA) is 190 Å². The van der Waals surface area contributed by atoms with Gasteiger partial charge in [-0.2, -0.15) is 0 Å². The minimum Gasteiger partial charge on any atom is -0.507 e. The average Bonchev–Trinajstić information content (AvgIpc) is 2.94. The summed E-state index contributed by atoms with van der Waals surface area (Å²) in [7, 11) is 0. The van der Waals surface area contributed by atoms with Crippen LogP contribution in [0.4, 0.5) is 10.5 Å². The van der Waals surface area contributed by atoms with Crippen LogP contribution in [0, 0.1) is 35.5 Å². The Balaban J connectivity index is 1.54. The molecule has 2 fully saturated rings. The number of phenols is 1. The molecule has 2 aromatic rings. The van der Waals surface area contributed by atoms with Gasteiger partial charge in [0.15, 0.2) is 34.7 Å². The van der Waals surface area contributed by atoms with Crippen molar-refractivity contribution >= 4 is 40.8 Å². The number of anilines is 1. The van der Waals surface area contributed by atoms with Gasteiger partial charge in [-0.05, 0) is 59.6 Å². The standard InChI is InChI=1S/C32H32N2O9/c1-4-11-43-31(41)34-17-7-5-15(6-8-17)18-9-10-21(35)24-19(18)12-16-13-20-22(14(2)3)26(36)25(30(33)40)29(39)32(20,42)28(38)23(16)27(24)37/h4-10,14,16,20,22-23,25,35,42H,1,11-13H2,2-3H3,(H2,33,40)(H,34,41)/t16-,20-,22-,23?,25?,32-/m0/s1. The maximum Gasteiger partial charge on any atom is 0.411 e. The van der Waals surface area contributed by atoms with E-state index in [0.717, 1.165) is 0 Å². The molecule has 11 heteroatoms. The first-order valence-electron chi connectivity index (χ1n) is 14.0. The summed E-state index contributed by atoms with van der Waals surface area (Å²) in [6.07, 6.45) is 0.922. The lowest BCUT2D eigenvalue weighted by Gasteiger charge is -2.52. The fourth-order valence-corrected chi connectivity index (χ4v) is 7.15. The van der Waals surface area contributed by atoms with E-state index in [-0.39, 0.29) is 30.8 Å². The van der Waals surface area contributed by atoms with E-state index in [2.05, 4.69) is 11.9 Å². The summed E-state index contributed by atoms with van der Waals surface area (Å²) in [6, 6.07) is 9.69. The molecule has 11 nitrogen and oxygen atoms in total. The van der Waals surface area contributed by atoms with Crippen molar-refractivity contribution in [2.24, 2.45) is 41.2 Å². The molecule has 0 aliphatic heterocycles. The third kappa shape index (κ3) is 4.64. The molecule has 3 aliphatic carbocycles. The first-order valence-corrected chi connectivity index (χ1v) is 14.0. The van der Waals surface area contributed by atoms with Crippen molar-refractivity contribution in [1.82, 2.24) is 0 Å². The first-order chi connectivity index (χ1) is 20.3. The molecule has 3 aliphatic rings. The van der Waals surface area contributed by atoms with E-state index < -0.39 is 76.2 Å². The summed E-state index contributed by atoms with van der Waals surface area (Å²) in [4.78, 5) is 78.6. The second-order valence-corrected chi connectivity index (χ2v) is 11.7. The van der Waals surface area contributed by atoms with E-state index in [1.807, 2.05) is 0 Å². The summed E-state index contributed by atoms with van der Waals surface area (Å²) in [5.41, 5.74) is 4.76. The van der Waals surface area contributed by atoms with E-state index in [1.54, 1.807) is 44.2 Å². The molecular formula is C32H32N2O9. The molecule has 0 spiro atoms. The molecule has 0 radical (unpaired) electrons. The number of primary amides is 1. The quantitative estimate of drug-likeness (QED) is 0.290. The predicted molar refractivity (Wildman–Crippen MR) is 153 cm³/mol. The Bertz CT molecular complexity index is 1580. The lowest BCUT2D eigenvalue weighted by atomic mass is 9.49. The van der Waals surface area contributed by atoms with Crippen LogP contribution in [0.15, 0.2) is 49.1 Å². The summed E-state index contributed by atoms with van der Waals surface area (Å²) in [5.74, 6) is -12.1. The second-order valence-electron chi connectivity index (χ2n) is 11.7. The fourth-order valence-electron chi connectivity index (χ4n) is 7.15. The molecule has 2 aromatic carbocycles. The number of ether oxygens (including phenoxy) is 1. The molecule has 43 heavy (non-hydrogen) atoms. The van der Waals surface area contributed by atoms with Crippen LogP contribution in [0.5, 0.6) is 5.75 Å². The van der Waals surface area contributed by atoms with Gasteiger partial charge >= 0.3 is 6.09 Å². The van der Waals surface area contributed by atoms with Crippen LogP contribution < -0.4 is 11.1 Å². The Morgan fingerprint density at radius 2 is 1.79 bits per heavy atom. The molecule has 0 aromatic heterocycles. The number of aliphatic hydroxyl groups is 1. The maximum atomic E-state index is 14.0. The number of amides is 2. The molecule has 2 saturated carbocycles. The number of rotatable bonds is 6. The zero-order valence-electron chi connectivity index (χ0n) is 23.7. The lowest BCUT2D eigenvalue weighted by molar-refractivity contribution is -0.182. The predicted octanol–water partition coefficient (Wildman–Crippen LogP) is 2.61. The highest BCUT2D eigenvalue weighted by Gasteiger charge is 2.69. The first kappa shape index (κ1) is 29.8. The number of carbonyl (C=O) groups excluding carboxylic acids is 6. The molecule has 5 rings (SSSR count). The van der Waals surface area contributed by atoms with Crippen LogP contribution in [-0.4, -0.2) is 57.6 Å². The highest BCUT2D eigenvalue weighted by Crippen LogP contribution is 2.53. The number of nitrogens with one attached hydrogen (secondary N) is 1. The van der Waals surface area contributed by atoms with Crippen molar-refractivity contribution in [2.45, 2.75) is 32.3 Å². The zero-order valence-corrected chi connectivity index (χ0v) is 23.7. The van der Waals surface area contributed by atoms with Crippen molar-refractivity contribution in [2.75, 3.05) is 11.9 Å². The van der Waals surface area contributed by atoms with Crippen LogP contribution in [0.2, 0.25) is 0 Å². The summed E-state index contributed by atoms with van der Waals surface area (Å²) in [6.45, 7) is 6.93. The number of hydrogen-bond donors (Lipinski definition) is 4. The van der Waals surface area contributed by atoms with E-state index >= 15 is 0 Å². The Morgan fingerprint density at radius 1 is 1.12 bits per heavy atom. The maximum absolute atomic E-state index is 14.0. The minimum absolute atomic E-state index is 0.00529. The van der Waals surface area contributed by atoms with E-state index in [4.69, 9.17) is 10.5 Å². The molecule has 2 amide bonds. The van der Waals surface area contributed by atoms with Crippen LogP contribution in [0.3, 0.4) is 0 Å². The third-order valence-electron chi connectivity index (χ3n) is 8.97. The normalized spacial score (nSPS) is 28.0. The van der Waals surface area contributed by atoms with Gasteiger partial charge in [-0.1, -0.05) is 44.7 Å². The van der Waals surface area contributed by atoms with Crippen LogP contribution in [0.1, 0.15) is 36.2 Å². The molecule has 5 N–H and O–H groups in total. The van der Waals surface area contributed by atoms with Gasteiger partial charge in [-0.25, -0.2) is 4.79 Å². The minimum atomic E-state index is -2.74. The third-order valence-corrected chi connectivity index (χ3v) is 8.97. The van der Waals surface area contributed by atoms with Gasteiger partial charge in [0.2, 0.25) is 5.91 Å². The van der Waals surface area contributed by atoms with Gasteiger partial charge in [0.1, 0.15) is 12.4 Å². The second kappa shape index (κ2) is 10.9. The summed E-state index contributed by atoms with van der Waals surface area (Å²) < 4.78 is 4.92. The molecule has 0 saturated heterocycles. The van der Waals surface area contributed by atoms with Gasteiger partial charge in [0.05, 0.1) is 11.5 Å². The van der Waals surface area contributed by atoms with Crippen molar-refractivity contribution in [3.63, 3.8) is 0 Å². The van der Waals surface area contributed by atoms with E-state index in [9.17, 15) is 39.0 Å². The van der Waals surface area contributed by atoms with E-state index in [1.165, 1.54) is 12.1 Å². The number of benzene rings is 2. The Kier molecular flexibility index (Phi) is 7.55. The van der Waals surface area contributed by atoms with Crippen molar-refractivity contribution < 1.29 is 43.7 Å². The number of Topliss-reactive ketones (excluding diaryl/α,β-unsaturated/α-hetero) is 4. The molecule has 224 valence electrons. The number of nitrogens with two attached hydrogens (primary N) is 1. The SMILES string of the molecule is C=CCOC(=O)Nc1ccc(-c2ccc(O)c3c2C[C@H]2C[C@H]4[C@H](C(C)C)C(=O)C(C(N)=O)C(=O)[C@@]4(O)C(=O)C2C3=O)cc1. The van der Waals surface area contributed by atoms with E-state index in [0.29, 0.717) is 22.4 Å². The highest BCUT2D eigenvalue weighted by molar-refractivity contribution is 6.32. The molecular weight excluding hydrogens is 556 g/mol. The number of carbonyl (C=O) groups is 6. The highest BCUT2D eigenvalue weighted by atomic mass is 16.5. The fraction of sp³-hybridized carbons (Fsp3) is 0.375. The number of fused-ring (bicyclic) bond motifs is 3. The largest absolute Gasteiger partial charge is 0.507 e. The summed E-state index contributed by atoms with van der Waals surface area (Å²) >= 11 is 0. The molecule has 6 atom stereocenters. The van der Waals surface area contributed by atoms with Gasteiger partial charge in [-0.3, -0.25) is 29.3 Å². The number of hydrogen-bond acceptors (Lipinski definition) is 9. The molecule has 0 bridgehead atoms. The zero-order chi connectivity index (χ0) is 31.4. The average molecular weight is 589 g/mol. The number of aromatic hydroxyl groups is 1. The van der Waals surface area contributed by atoms with Crippen LogP contribution in [0.25, 0.3) is 11.1 Å². The monoisotopic (exact) mass is 588 g/mol. The van der Waals surface area contributed by atoms with Gasteiger partial charge in [-0.15, -0.1) is 0 Å². The molecule has 2 unspecified atom stereocenters. The van der Waals surface area contributed by atoms with Gasteiger partial charge in [0, 0.05) is 17.5 Å². The smallest absolute Gasteiger partial charge is 0.411 e.